The van der Waals surface area contributed by atoms with E-state index < -0.39 is 30.9 Å². The Labute approximate surface area is 104 Å². The highest BCUT2D eigenvalue weighted by molar-refractivity contribution is 7.86. The van der Waals surface area contributed by atoms with Gasteiger partial charge < -0.3 is 11.1 Å². The molecule has 102 valence electrons. The van der Waals surface area contributed by atoms with Gasteiger partial charge in [0.05, 0.1) is 11.4 Å². The molecular weight excluding hydrogens is 284 g/mol. The van der Waals surface area contributed by atoms with Crippen molar-refractivity contribution in [3.63, 3.8) is 0 Å². The average molecular weight is 296 g/mol. The van der Waals surface area contributed by atoms with Crippen LogP contribution in [0.3, 0.4) is 0 Å². The molecule has 1 aromatic carbocycles. The maximum Gasteiger partial charge on any atom is 0.296 e. The molecule has 0 amide bonds. The van der Waals surface area contributed by atoms with Crippen LogP contribution in [0.5, 0.6) is 0 Å². The molecule has 0 aliphatic heterocycles. The maximum absolute atomic E-state index is 11.0. The molecule has 0 saturated carbocycles. The van der Waals surface area contributed by atoms with Crippen LogP contribution in [-0.2, 0) is 20.2 Å². The Morgan fingerprint density at radius 1 is 1.17 bits per heavy atom. The fourth-order valence-electron chi connectivity index (χ4n) is 1.23. The normalized spacial score (nSPS) is 12.3. The maximum atomic E-state index is 11.0. The van der Waals surface area contributed by atoms with Crippen LogP contribution in [0.1, 0.15) is 0 Å². The molecule has 0 aliphatic carbocycles. The lowest BCUT2D eigenvalue weighted by molar-refractivity contribution is 0.482. The molecule has 0 unspecified atom stereocenters. The van der Waals surface area contributed by atoms with Gasteiger partial charge in [0.15, 0.2) is 0 Å². The van der Waals surface area contributed by atoms with Gasteiger partial charge in [-0.05, 0) is 18.2 Å². The van der Waals surface area contributed by atoms with Gasteiger partial charge in [-0.2, -0.15) is 16.8 Å². The molecule has 0 atom stereocenters. The van der Waals surface area contributed by atoms with Gasteiger partial charge in [-0.25, -0.2) is 0 Å². The molecule has 0 aromatic heterocycles. The molecule has 10 heteroatoms. The molecule has 0 bridgehead atoms. The van der Waals surface area contributed by atoms with Crippen molar-refractivity contribution in [2.75, 3.05) is 23.3 Å². The Balaban J connectivity index is 2.97. The van der Waals surface area contributed by atoms with Gasteiger partial charge in [-0.15, -0.1) is 0 Å². The minimum absolute atomic E-state index is 0.0406. The Morgan fingerprint density at radius 2 is 1.78 bits per heavy atom. The zero-order chi connectivity index (χ0) is 14.0. The van der Waals surface area contributed by atoms with Crippen molar-refractivity contribution in [2.24, 2.45) is 0 Å². The van der Waals surface area contributed by atoms with Crippen LogP contribution >= 0.6 is 0 Å². The number of nitrogens with one attached hydrogen (secondary N) is 1. The van der Waals surface area contributed by atoms with Crippen molar-refractivity contribution < 1.29 is 25.9 Å². The lowest BCUT2D eigenvalue weighted by Gasteiger charge is -2.10. The first kappa shape index (κ1) is 14.7. The number of rotatable bonds is 5. The first-order valence-corrected chi connectivity index (χ1v) is 7.70. The van der Waals surface area contributed by atoms with E-state index in [2.05, 4.69) is 5.32 Å². The third kappa shape index (κ3) is 4.49. The van der Waals surface area contributed by atoms with Crippen molar-refractivity contribution in [1.29, 1.82) is 0 Å². The molecule has 1 aromatic rings. The molecule has 18 heavy (non-hydrogen) atoms. The van der Waals surface area contributed by atoms with Crippen molar-refractivity contribution in [2.45, 2.75) is 4.90 Å². The molecule has 8 nitrogen and oxygen atoms in total. The number of benzene rings is 1. The van der Waals surface area contributed by atoms with Gasteiger partial charge in [0.2, 0.25) is 0 Å². The molecule has 0 fully saturated rings. The van der Waals surface area contributed by atoms with Gasteiger partial charge in [0.25, 0.3) is 20.2 Å². The largest absolute Gasteiger partial charge is 0.399 e. The Hall–Kier alpha value is -1.36. The number of anilines is 2. The van der Waals surface area contributed by atoms with E-state index in [1.54, 1.807) is 0 Å². The van der Waals surface area contributed by atoms with Crippen LogP contribution in [0.15, 0.2) is 23.1 Å². The third-order valence-corrected chi connectivity index (χ3v) is 3.59. The van der Waals surface area contributed by atoms with Crippen LogP contribution in [0.2, 0.25) is 0 Å². The number of hydrogen-bond donors (Lipinski definition) is 4. The summed E-state index contributed by atoms with van der Waals surface area (Å²) in [7, 11) is -8.60. The van der Waals surface area contributed by atoms with Crippen molar-refractivity contribution in [3.05, 3.63) is 18.2 Å². The van der Waals surface area contributed by atoms with E-state index >= 15 is 0 Å². The molecule has 0 heterocycles. The predicted molar refractivity (Wildman–Crippen MR) is 65.6 cm³/mol. The van der Waals surface area contributed by atoms with Gasteiger partial charge in [-0.3, -0.25) is 9.11 Å². The zero-order valence-corrected chi connectivity index (χ0v) is 10.7. The summed E-state index contributed by atoms with van der Waals surface area (Å²) >= 11 is 0. The van der Waals surface area contributed by atoms with Crippen LogP contribution < -0.4 is 11.1 Å². The summed E-state index contributed by atoms with van der Waals surface area (Å²) in [4.78, 5) is -0.424. The fraction of sp³-hybridized carbons (Fsp3) is 0.250. The lowest BCUT2D eigenvalue weighted by Crippen LogP contribution is -2.16. The van der Waals surface area contributed by atoms with E-state index in [4.69, 9.17) is 14.8 Å². The predicted octanol–water partition coefficient (Wildman–Crippen LogP) is -0.185. The summed E-state index contributed by atoms with van der Waals surface area (Å²) in [6, 6.07) is 3.59. The first-order valence-electron chi connectivity index (χ1n) is 4.65. The van der Waals surface area contributed by atoms with E-state index in [1.807, 2.05) is 0 Å². The quantitative estimate of drug-likeness (QED) is 0.432. The molecule has 1 rings (SSSR count). The van der Waals surface area contributed by atoms with Gasteiger partial charge in [0, 0.05) is 12.2 Å². The second kappa shape index (κ2) is 5.10. The zero-order valence-electron chi connectivity index (χ0n) is 9.07. The van der Waals surface area contributed by atoms with Crippen molar-refractivity contribution in [3.8, 4) is 0 Å². The topological polar surface area (TPSA) is 147 Å². The van der Waals surface area contributed by atoms with Crippen LogP contribution in [0.4, 0.5) is 11.4 Å². The van der Waals surface area contributed by atoms with E-state index in [0.717, 1.165) is 6.07 Å². The van der Waals surface area contributed by atoms with Gasteiger partial charge in [0.1, 0.15) is 4.90 Å². The summed E-state index contributed by atoms with van der Waals surface area (Å²) in [6.07, 6.45) is 0. The van der Waals surface area contributed by atoms with E-state index in [0.29, 0.717) is 0 Å². The summed E-state index contributed by atoms with van der Waals surface area (Å²) in [5.41, 5.74) is 5.64. The molecular formula is C8H12N2O6S2. The second-order valence-electron chi connectivity index (χ2n) is 3.44. The number of hydrogen-bond acceptors (Lipinski definition) is 6. The molecule has 0 aliphatic rings. The highest BCUT2D eigenvalue weighted by Crippen LogP contribution is 2.23. The number of nitrogens with two attached hydrogens (primary N) is 1. The second-order valence-corrected chi connectivity index (χ2v) is 6.41. The van der Waals surface area contributed by atoms with Gasteiger partial charge in [-0.1, -0.05) is 0 Å². The SMILES string of the molecule is Nc1ccc(S(=O)(=O)O)c(NCCS(=O)(=O)O)c1. The smallest absolute Gasteiger partial charge is 0.296 e. The van der Waals surface area contributed by atoms with Crippen molar-refractivity contribution in [1.82, 2.24) is 0 Å². The van der Waals surface area contributed by atoms with E-state index in [-0.39, 0.29) is 17.9 Å². The Morgan fingerprint density at radius 3 is 2.28 bits per heavy atom. The van der Waals surface area contributed by atoms with E-state index in [9.17, 15) is 16.8 Å². The van der Waals surface area contributed by atoms with Crippen LogP contribution in [-0.4, -0.2) is 38.2 Å². The molecule has 0 radical (unpaired) electrons. The minimum atomic E-state index is -4.45. The molecule has 0 spiro atoms. The summed E-state index contributed by atoms with van der Waals surface area (Å²) < 4.78 is 60.5. The van der Waals surface area contributed by atoms with Crippen molar-refractivity contribution >= 4 is 31.6 Å². The minimum Gasteiger partial charge on any atom is -0.399 e. The standard InChI is InChI=1S/C8H12N2O6S2/c9-6-1-2-8(18(14,15)16)7(5-6)10-3-4-17(11,12)13/h1-2,5,10H,3-4,9H2,(H,11,12,13)(H,14,15,16). The lowest BCUT2D eigenvalue weighted by atomic mass is 10.3. The highest BCUT2D eigenvalue weighted by atomic mass is 32.2. The van der Waals surface area contributed by atoms with Crippen LogP contribution in [0, 0.1) is 0 Å². The van der Waals surface area contributed by atoms with E-state index in [1.165, 1.54) is 12.1 Å². The monoisotopic (exact) mass is 296 g/mol. The summed E-state index contributed by atoms with van der Waals surface area (Å²) in [5, 5.41) is 2.46. The first-order chi connectivity index (χ1) is 8.09. The number of nitrogen functional groups attached to an aromatic ring is 1. The summed E-state index contributed by atoms with van der Waals surface area (Å²) in [6.45, 7) is -0.231. The Kier molecular flexibility index (Phi) is 4.16. The van der Waals surface area contributed by atoms with Gasteiger partial charge >= 0.3 is 0 Å². The highest BCUT2D eigenvalue weighted by Gasteiger charge is 2.15. The summed E-state index contributed by atoms with van der Waals surface area (Å²) in [5.74, 6) is -0.604. The van der Waals surface area contributed by atoms with Crippen LogP contribution in [0.25, 0.3) is 0 Å². The fourth-order valence-corrected chi connectivity index (χ4v) is 2.23. The average Bonchev–Trinajstić information content (AvgIpc) is 2.13. The Bertz CT molecular complexity index is 638. The third-order valence-electron chi connectivity index (χ3n) is 1.96. The molecule has 5 N–H and O–H groups in total. The molecule has 0 saturated heterocycles.